The molecule has 1 fully saturated rings. The third kappa shape index (κ3) is 6.05. The first kappa shape index (κ1) is 23.1. The highest BCUT2D eigenvalue weighted by atomic mass is 35.5. The number of amides is 2. The van der Waals surface area contributed by atoms with Crippen LogP contribution in [0.3, 0.4) is 0 Å². The molecule has 0 aliphatic heterocycles. The van der Waals surface area contributed by atoms with Crippen molar-refractivity contribution in [2.24, 2.45) is 5.92 Å². The predicted molar refractivity (Wildman–Crippen MR) is 135 cm³/mol. The van der Waals surface area contributed by atoms with Crippen molar-refractivity contribution < 1.29 is 4.79 Å². The van der Waals surface area contributed by atoms with Gasteiger partial charge in [-0.15, -0.1) is 0 Å². The van der Waals surface area contributed by atoms with Gasteiger partial charge in [-0.05, 0) is 55.4 Å². The molecule has 4 rings (SSSR count). The highest BCUT2D eigenvalue weighted by Gasteiger charge is 2.22. The molecule has 2 amide bonds. The maximum absolute atomic E-state index is 12.2. The van der Waals surface area contributed by atoms with E-state index in [1.807, 2.05) is 61.5 Å². The average Bonchev–Trinajstić information content (AvgIpc) is 2.82. The molecule has 2 aromatic carbocycles. The van der Waals surface area contributed by atoms with E-state index in [0.29, 0.717) is 36.0 Å². The first-order valence-corrected chi connectivity index (χ1v) is 11.8. The summed E-state index contributed by atoms with van der Waals surface area (Å²) < 4.78 is 0. The van der Waals surface area contributed by atoms with Gasteiger partial charge in [0.1, 0.15) is 5.82 Å². The molecule has 1 aliphatic rings. The summed E-state index contributed by atoms with van der Waals surface area (Å²) in [5.74, 6) is 2.07. The molecular weight excluding hydrogens is 436 g/mol. The van der Waals surface area contributed by atoms with Gasteiger partial charge in [0, 0.05) is 43.6 Å². The number of para-hydroxylation sites is 1. The molecule has 0 spiro atoms. The number of anilines is 2. The van der Waals surface area contributed by atoms with E-state index in [4.69, 9.17) is 21.6 Å². The number of halogens is 1. The van der Waals surface area contributed by atoms with Gasteiger partial charge in [-0.25, -0.2) is 9.78 Å². The second-order valence-electron chi connectivity index (χ2n) is 8.80. The number of urea groups is 1. The summed E-state index contributed by atoms with van der Waals surface area (Å²) in [6, 6.07) is 15.8. The van der Waals surface area contributed by atoms with Gasteiger partial charge in [0.2, 0.25) is 5.95 Å². The van der Waals surface area contributed by atoms with Gasteiger partial charge in [0.05, 0.1) is 5.52 Å². The summed E-state index contributed by atoms with van der Waals surface area (Å²) >= 11 is 6.14. The van der Waals surface area contributed by atoms with Gasteiger partial charge in [0.15, 0.2) is 0 Å². The highest BCUT2D eigenvalue weighted by molar-refractivity contribution is 6.31. The fourth-order valence-electron chi connectivity index (χ4n) is 4.28. The van der Waals surface area contributed by atoms with Crippen molar-refractivity contribution in [3.8, 4) is 0 Å². The first-order valence-electron chi connectivity index (χ1n) is 11.5. The Balaban J connectivity index is 1.24. The number of aromatic nitrogens is 2. The maximum Gasteiger partial charge on any atom is 0.315 e. The maximum atomic E-state index is 12.2. The number of carbonyl (C=O) groups excluding carboxylic acids is 1. The lowest BCUT2D eigenvalue weighted by atomic mass is 9.86. The standard InChI is InChI=1S/C25H31ClN6O/c1-32(2)23-20-8-4-6-10-22(20)30-24(31-23)29-19-13-11-17(12-14-19)15-27-25(33)28-16-18-7-3-5-9-21(18)26/h3-10,17,19H,11-16H2,1-2H3,(H2,27,28,33)(H,29,30,31)/t17-,19+. The van der Waals surface area contributed by atoms with Gasteiger partial charge < -0.3 is 20.9 Å². The molecule has 0 atom stereocenters. The highest BCUT2D eigenvalue weighted by Crippen LogP contribution is 2.28. The number of nitrogens with one attached hydrogen (secondary N) is 3. The zero-order valence-electron chi connectivity index (χ0n) is 19.1. The van der Waals surface area contributed by atoms with Crippen molar-refractivity contribution in [2.75, 3.05) is 30.9 Å². The van der Waals surface area contributed by atoms with Crippen LogP contribution >= 0.6 is 11.6 Å². The SMILES string of the molecule is CN(C)c1nc(N[C@H]2CC[C@@H](CNC(=O)NCc3ccccc3Cl)CC2)nc2ccccc12. The summed E-state index contributed by atoms with van der Waals surface area (Å²) in [7, 11) is 4.00. The van der Waals surface area contributed by atoms with Crippen LogP contribution in [0.25, 0.3) is 10.9 Å². The topological polar surface area (TPSA) is 82.2 Å². The molecule has 1 aliphatic carbocycles. The minimum absolute atomic E-state index is 0.157. The van der Waals surface area contributed by atoms with Crippen molar-refractivity contribution in [1.29, 1.82) is 0 Å². The van der Waals surface area contributed by atoms with E-state index >= 15 is 0 Å². The lowest BCUT2D eigenvalue weighted by molar-refractivity contribution is 0.235. The molecule has 33 heavy (non-hydrogen) atoms. The normalized spacial score (nSPS) is 18.0. The fourth-order valence-corrected chi connectivity index (χ4v) is 4.48. The Bertz CT molecular complexity index is 1100. The predicted octanol–water partition coefficient (Wildman–Crippen LogP) is 4.82. The van der Waals surface area contributed by atoms with E-state index in [1.54, 1.807) is 0 Å². The summed E-state index contributed by atoms with van der Waals surface area (Å²) in [5.41, 5.74) is 1.86. The number of fused-ring (bicyclic) bond motifs is 1. The smallest absolute Gasteiger partial charge is 0.315 e. The van der Waals surface area contributed by atoms with E-state index in [0.717, 1.165) is 48.0 Å². The third-order valence-corrected chi connectivity index (χ3v) is 6.50. The van der Waals surface area contributed by atoms with Crippen LogP contribution in [0.4, 0.5) is 16.6 Å². The third-order valence-electron chi connectivity index (χ3n) is 6.14. The van der Waals surface area contributed by atoms with Crippen LogP contribution in [-0.2, 0) is 6.54 Å². The van der Waals surface area contributed by atoms with E-state index in [1.165, 1.54) is 0 Å². The molecule has 0 unspecified atom stereocenters. The van der Waals surface area contributed by atoms with Crippen LogP contribution in [0, 0.1) is 5.92 Å². The molecule has 174 valence electrons. The monoisotopic (exact) mass is 466 g/mol. The Morgan fingerprint density at radius 1 is 1.00 bits per heavy atom. The molecule has 8 heteroatoms. The molecule has 1 heterocycles. The summed E-state index contributed by atoms with van der Waals surface area (Å²) in [4.78, 5) is 23.7. The van der Waals surface area contributed by atoms with Crippen LogP contribution in [0.2, 0.25) is 5.02 Å². The molecule has 0 radical (unpaired) electrons. The van der Waals surface area contributed by atoms with Crippen LogP contribution in [0.15, 0.2) is 48.5 Å². The van der Waals surface area contributed by atoms with Gasteiger partial charge in [-0.3, -0.25) is 0 Å². The number of hydrogen-bond donors (Lipinski definition) is 3. The minimum atomic E-state index is -0.157. The molecule has 0 saturated heterocycles. The number of hydrogen-bond acceptors (Lipinski definition) is 5. The Labute approximate surface area is 199 Å². The number of rotatable bonds is 7. The van der Waals surface area contributed by atoms with Gasteiger partial charge in [-0.2, -0.15) is 4.98 Å². The molecule has 3 aromatic rings. The van der Waals surface area contributed by atoms with Crippen molar-refractivity contribution in [1.82, 2.24) is 20.6 Å². The Kier molecular flexibility index (Phi) is 7.50. The van der Waals surface area contributed by atoms with E-state index in [2.05, 4.69) is 22.0 Å². The molecule has 1 saturated carbocycles. The largest absolute Gasteiger partial charge is 0.362 e. The summed E-state index contributed by atoms with van der Waals surface area (Å²) in [5, 5.41) is 11.1. The lowest BCUT2D eigenvalue weighted by Crippen LogP contribution is -2.39. The average molecular weight is 467 g/mol. The Morgan fingerprint density at radius 2 is 1.73 bits per heavy atom. The molecule has 7 nitrogen and oxygen atoms in total. The van der Waals surface area contributed by atoms with Crippen LogP contribution in [-0.4, -0.2) is 42.7 Å². The quantitative estimate of drug-likeness (QED) is 0.465. The van der Waals surface area contributed by atoms with Crippen LogP contribution in [0.1, 0.15) is 31.2 Å². The molecular formula is C25H31ClN6O. The van der Waals surface area contributed by atoms with E-state index in [-0.39, 0.29) is 6.03 Å². The minimum Gasteiger partial charge on any atom is -0.362 e. The van der Waals surface area contributed by atoms with Gasteiger partial charge >= 0.3 is 6.03 Å². The molecule has 3 N–H and O–H groups in total. The number of nitrogens with zero attached hydrogens (tertiary/aromatic N) is 3. The summed E-state index contributed by atoms with van der Waals surface area (Å²) in [6.45, 7) is 1.10. The van der Waals surface area contributed by atoms with Crippen molar-refractivity contribution in [3.05, 3.63) is 59.1 Å². The first-order chi connectivity index (χ1) is 16.0. The van der Waals surface area contributed by atoms with Crippen molar-refractivity contribution in [3.63, 3.8) is 0 Å². The fraction of sp³-hybridized carbons (Fsp3) is 0.400. The number of carbonyl (C=O) groups is 1. The second kappa shape index (κ2) is 10.7. The molecule has 0 bridgehead atoms. The second-order valence-corrected chi connectivity index (χ2v) is 9.21. The zero-order valence-corrected chi connectivity index (χ0v) is 19.9. The van der Waals surface area contributed by atoms with E-state index < -0.39 is 0 Å². The van der Waals surface area contributed by atoms with E-state index in [9.17, 15) is 4.79 Å². The summed E-state index contributed by atoms with van der Waals surface area (Å²) in [6.07, 6.45) is 4.16. The molecule has 1 aromatic heterocycles. The Morgan fingerprint density at radius 3 is 2.48 bits per heavy atom. The lowest BCUT2D eigenvalue weighted by Gasteiger charge is -2.29. The zero-order chi connectivity index (χ0) is 23.2. The van der Waals surface area contributed by atoms with Crippen molar-refractivity contribution >= 4 is 40.3 Å². The van der Waals surface area contributed by atoms with Crippen LogP contribution in [0.5, 0.6) is 0 Å². The van der Waals surface area contributed by atoms with Gasteiger partial charge in [0.25, 0.3) is 0 Å². The Hall–Kier alpha value is -3.06. The number of benzene rings is 2. The van der Waals surface area contributed by atoms with Gasteiger partial charge in [-0.1, -0.05) is 41.9 Å². The van der Waals surface area contributed by atoms with Crippen molar-refractivity contribution in [2.45, 2.75) is 38.3 Å². The van der Waals surface area contributed by atoms with Crippen LogP contribution < -0.4 is 20.9 Å².